The smallest absolute Gasteiger partial charge is 0.256 e. The zero-order valence-electron chi connectivity index (χ0n) is 13.3. The molecule has 2 amide bonds. The van der Waals surface area contributed by atoms with Gasteiger partial charge in [0.25, 0.3) is 5.91 Å². The SMILES string of the molecule is O=C(c1ccccc1-n1cnnc1)N1CCNC(=O)C12CCCC2. The number of rotatable bonds is 2. The predicted molar refractivity (Wildman–Crippen MR) is 86.6 cm³/mol. The summed E-state index contributed by atoms with van der Waals surface area (Å²) in [7, 11) is 0. The summed E-state index contributed by atoms with van der Waals surface area (Å²) in [6.45, 7) is 1.04. The molecule has 0 bridgehead atoms. The monoisotopic (exact) mass is 325 g/mol. The molecule has 2 heterocycles. The van der Waals surface area contributed by atoms with E-state index in [2.05, 4.69) is 15.5 Å². The molecule has 1 aromatic heterocycles. The van der Waals surface area contributed by atoms with Gasteiger partial charge in [-0.3, -0.25) is 14.2 Å². The van der Waals surface area contributed by atoms with Crippen LogP contribution in [0.3, 0.4) is 0 Å². The van der Waals surface area contributed by atoms with E-state index in [1.54, 1.807) is 28.2 Å². The van der Waals surface area contributed by atoms with Gasteiger partial charge in [-0.2, -0.15) is 0 Å². The number of aromatic nitrogens is 3. The van der Waals surface area contributed by atoms with E-state index < -0.39 is 5.54 Å². The van der Waals surface area contributed by atoms with Crippen LogP contribution in [0.5, 0.6) is 0 Å². The van der Waals surface area contributed by atoms with Crippen molar-refractivity contribution in [1.29, 1.82) is 0 Å². The van der Waals surface area contributed by atoms with Gasteiger partial charge in [-0.05, 0) is 25.0 Å². The lowest BCUT2D eigenvalue weighted by Crippen LogP contribution is -2.65. The molecule has 1 saturated carbocycles. The molecule has 0 unspecified atom stereocenters. The van der Waals surface area contributed by atoms with E-state index >= 15 is 0 Å². The number of carbonyl (C=O) groups excluding carboxylic acids is 2. The normalized spacial score (nSPS) is 19.5. The second kappa shape index (κ2) is 5.74. The van der Waals surface area contributed by atoms with Gasteiger partial charge in [0.1, 0.15) is 18.2 Å². The number of hydrogen-bond acceptors (Lipinski definition) is 4. The van der Waals surface area contributed by atoms with Crippen LogP contribution in [-0.4, -0.2) is 50.1 Å². The number of para-hydroxylation sites is 1. The van der Waals surface area contributed by atoms with Gasteiger partial charge in [0.2, 0.25) is 5.91 Å². The number of hydrogen-bond donors (Lipinski definition) is 1. The molecule has 1 aliphatic heterocycles. The summed E-state index contributed by atoms with van der Waals surface area (Å²) >= 11 is 0. The second-order valence-electron chi connectivity index (χ2n) is 6.34. The van der Waals surface area contributed by atoms with E-state index in [0.29, 0.717) is 18.7 Å². The van der Waals surface area contributed by atoms with Crippen LogP contribution in [0.1, 0.15) is 36.0 Å². The van der Waals surface area contributed by atoms with Gasteiger partial charge >= 0.3 is 0 Å². The lowest BCUT2D eigenvalue weighted by molar-refractivity contribution is -0.134. The van der Waals surface area contributed by atoms with Gasteiger partial charge < -0.3 is 10.2 Å². The summed E-state index contributed by atoms with van der Waals surface area (Å²) in [5.74, 6) is -0.113. The Hall–Kier alpha value is -2.70. The molecule has 124 valence electrons. The molecule has 0 radical (unpaired) electrons. The van der Waals surface area contributed by atoms with Crippen molar-refractivity contribution >= 4 is 11.8 Å². The summed E-state index contributed by atoms with van der Waals surface area (Å²) in [6.07, 6.45) is 6.56. The van der Waals surface area contributed by atoms with Crippen LogP contribution in [0, 0.1) is 0 Å². The molecular weight excluding hydrogens is 306 g/mol. The average Bonchev–Trinajstić information content (AvgIpc) is 3.29. The molecule has 2 aliphatic rings. The van der Waals surface area contributed by atoms with E-state index in [9.17, 15) is 9.59 Å². The minimum absolute atomic E-state index is 0.0126. The van der Waals surface area contributed by atoms with Gasteiger partial charge in [-0.15, -0.1) is 10.2 Å². The summed E-state index contributed by atoms with van der Waals surface area (Å²) < 4.78 is 1.72. The highest BCUT2D eigenvalue weighted by atomic mass is 16.2. The molecule has 4 rings (SSSR count). The van der Waals surface area contributed by atoms with Crippen LogP contribution < -0.4 is 5.32 Å². The Morgan fingerprint density at radius 1 is 1.12 bits per heavy atom. The molecule has 1 aliphatic carbocycles. The fourth-order valence-corrected chi connectivity index (χ4v) is 3.89. The van der Waals surface area contributed by atoms with Crippen LogP contribution >= 0.6 is 0 Å². The Kier molecular flexibility index (Phi) is 3.55. The summed E-state index contributed by atoms with van der Waals surface area (Å²) in [6, 6.07) is 7.38. The third-order valence-corrected chi connectivity index (χ3v) is 5.07. The molecule has 1 spiro atoms. The molecule has 1 aromatic carbocycles. The van der Waals surface area contributed by atoms with E-state index in [-0.39, 0.29) is 11.8 Å². The van der Waals surface area contributed by atoms with Crippen LogP contribution in [0.25, 0.3) is 5.69 Å². The van der Waals surface area contributed by atoms with Gasteiger partial charge in [-0.25, -0.2) is 0 Å². The number of piperazine rings is 1. The van der Waals surface area contributed by atoms with Gasteiger partial charge in [0.05, 0.1) is 11.3 Å². The van der Waals surface area contributed by atoms with E-state index in [4.69, 9.17) is 0 Å². The maximum Gasteiger partial charge on any atom is 0.256 e. The van der Waals surface area contributed by atoms with E-state index in [0.717, 1.165) is 31.4 Å². The molecule has 24 heavy (non-hydrogen) atoms. The number of amides is 2. The predicted octanol–water partition coefficient (Wildman–Crippen LogP) is 1.15. The first kappa shape index (κ1) is 14.9. The average molecular weight is 325 g/mol. The van der Waals surface area contributed by atoms with Gasteiger partial charge in [0.15, 0.2) is 0 Å². The first-order valence-electron chi connectivity index (χ1n) is 8.27. The second-order valence-corrected chi connectivity index (χ2v) is 6.34. The number of benzene rings is 1. The van der Waals surface area contributed by atoms with Crippen molar-refractivity contribution in [2.24, 2.45) is 0 Å². The fraction of sp³-hybridized carbons (Fsp3) is 0.412. The van der Waals surface area contributed by atoms with Crippen LogP contribution in [0.15, 0.2) is 36.9 Å². The highest BCUT2D eigenvalue weighted by Gasteiger charge is 2.50. The molecule has 2 aromatic rings. The molecule has 7 nitrogen and oxygen atoms in total. The Balaban J connectivity index is 1.75. The molecule has 1 saturated heterocycles. The Morgan fingerprint density at radius 3 is 2.58 bits per heavy atom. The zero-order chi connectivity index (χ0) is 16.6. The standard InChI is InChI=1S/C17H19N5O2/c23-15(13-5-1-2-6-14(13)21-11-19-20-12-21)22-10-9-18-16(24)17(22)7-3-4-8-17/h1-2,5-6,11-12H,3-4,7-10H2,(H,18,24). The maximum absolute atomic E-state index is 13.3. The quantitative estimate of drug-likeness (QED) is 0.898. The molecule has 0 atom stereocenters. The third kappa shape index (κ3) is 2.19. The van der Waals surface area contributed by atoms with Crippen molar-refractivity contribution in [3.8, 4) is 5.69 Å². The van der Waals surface area contributed by atoms with Crippen molar-refractivity contribution in [3.05, 3.63) is 42.5 Å². The van der Waals surface area contributed by atoms with Crippen LogP contribution in [-0.2, 0) is 4.79 Å². The number of nitrogens with one attached hydrogen (secondary N) is 1. The lowest BCUT2D eigenvalue weighted by atomic mass is 9.90. The molecular formula is C17H19N5O2. The Bertz CT molecular complexity index is 765. The summed E-state index contributed by atoms with van der Waals surface area (Å²) in [4.78, 5) is 27.6. The Labute approximate surface area is 139 Å². The zero-order valence-corrected chi connectivity index (χ0v) is 13.3. The van der Waals surface area contributed by atoms with Crippen LogP contribution in [0.2, 0.25) is 0 Å². The van der Waals surface area contributed by atoms with Gasteiger partial charge in [0, 0.05) is 13.1 Å². The summed E-state index contributed by atoms with van der Waals surface area (Å²) in [5.41, 5.74) is 0.611. The topological polar surface area (TPSA) is 80.1 Å². The maximum atomic E-state index is 13.3. The molecule has 1 N–H and O–H groups in total. The third-order valence-electron chi connectivity index (χ3n) is 5.07. The molecule has 7 heteroatoms. The Morgan fingerprint density at radius 2 is 1.83 bits per heavy atom. The first-order chi connectivity index (χ1) is 11.7. The minimum atomic E-state index is -0.685. The fourth-order valence-electron chi connectivity index (χ4n) is 3.89. The van der Waals surface area contributed by atoms with Crippen molar-refractivity contribution in [1.82, 2.24) is 25.0 Å². The number of nitrogens with zero attached hydrogens (tertiary/aromatic N) is 4. The highest BCUT2D eigenvalue weighted by molar-refractivity contribution is 6.02. The van der Waals surface area contributed by atoms with Crippen molar-refractivity contribution < 1.29 is 9.59 Å². The minimum Gasteiger partial charge on any atom is -0.352 e. The van der Waals surface area contributed by atoms with Gasteiger partial charge in [-0.1, -0.05) is 25.0 Å². The summed E-state index contributed by atoms with van der Waals surface area (Å²) in [5, 5.41) is 10.6. The van der Waals surface area contributed by atoms with Crippen molar-refractivity contribution in [2.75, 3.05) is 13.1 Å². The van der Waals surface area contributed by atoms with E-state index in [1.165, 1.54) is 0 Å². The molecule has 2 fully saturated rings. The van der Waals surface area contributed by atoms with E-state index in [1.807, 2.05) is 18.2 Å². The lowest BCUT2D eigenvalue weighted by Gasteiger charge is -2.43. The van der Waals surface area contributed by atoms with Crippen molar-refractivity contribution in [3.63, 3.8) is 0 Å². The number of carbonyl (C=O) groups is 2. The highest BCUT2D eigenvalue weighted by Crippen LogP contribution is 2.38. The van der Waals surface area contributed by atoms with Crippen LogP contribution in [0.4, 0.5) is 0 Å². The largest absolute Gasteiger partial charge is 0.352 e. The van der Waals surface area contributed by atoms with Crippen molar-refractivity contribution in [2.45, 2.75) is 31.2 Å². The first-order valence-corrected chi connectivity index (χ1v) is 8.27.